The van der Waals surface area contributed by atoms with Gasteiger partial charge in [0.1, 0.15) is 23.1 Å². The number of hydrogen-bond acceptors (Lipinski definition) is 5. The number of halogens is 1. The van der Waals surface area contributed by atoms with Gasteiger partial charge in [0.25, 0.3) is 5.91 Å². The summed E-state index contributed by atoms with van der Waals surface area (Å²) in [5, 5.41) is 15.9. The van der Waals surface area contributed by atoms with E-state index in [0.717, 1.165) is 0 Å². The van der Waals surface area contributed by atoms with Crippen LogP contribution in [-0.2, 0) is 4.79 Å². The first kappa shape index (κ1) is 17.0. The number of carbonyl (C=O) groups excluding carboxylic acids is 1. The molecule has 1 N–H and O–H groups in total. The Kier molecular flexibility index (Phi) is 4.72. The molecule has 1 unspecified atom stereocenters. The van der Waals surface area contributed by atoms with Crippen LogP contribution in [0, 0.1) is 5.92 Å². The summed E-state index contributed by atoms with van der Waals surface area (Å²) < 4.78 is 5.11. The molecule has 0 fully saturated rings. The van der Waals surface area contributed by atoms with Crippen LogP contribution < -0.4 is 9.75 Å². The van der Waals surface area contributed by atoms with Crippen molar-refractivity contribution in [2.75, 3.05) is 12.1 Å². The van der Waals surface area contributed by atoms with Crippen LogP contribution in [0.4, 0.5) is 11.4 Å². The standard InChI is InChI=1S/C18H16ClN3O3/c1-11-15(10-20-16-9-12(19)3-8-17(16)23)18(24)22(21-11)13-4-6-14(25-2)7-5-13/h3-10,15,23H,1-2H3. The molecular formula is C18H16ClN3O3. The van der Waals surface area contributed by atoms with Crippen molar-refractivity contribution in [3.63, 3.8) is 0 Å². The molecule has 0 aliphatic carbocycles. The molecule has 0 saturated heterocycles. The number of hydrazone groups is 1. The van der Waals surface area contributed by atoms with Crippen molar-refractivity contribution in [3.05, 3.63) is 47.5 Å². The van der Waals surface area contributed by atoms with E-state index in [2.05, 4.69) is 10.1 Å². The third-order valence-corrected chi connectivity index (χ3v) is 4.03. The van der Waals surface area contributed by atoms with Gasteiger partial charge in [0.15, 0.2) is 0 Å². The molecule has 1 aliphatic rings. The highest BCUT2D eigenvalue weighted by Gasteiger charge is 2.33. The molecule has 1 atom stereocenters. The molecule has 2 aromatic rings. The monoisotopic (exact) mass is 357 g/mol. The SMILES string of the molecule is COc1ccc(N2N=C(C)C(C=Nc3cc(Cl)ccc3O)C2=O)cc1. The van der Waals surface area contributed by atoms with Gasteiger partial charge in [0.05, 0.1) is 18.5 Å². The molecular weight excluding hydrogens is 342 g/mol. The summed E-state index contributed by atoms with van der Waals surface area (Å²) >= 11 is 5.90. The number of aromatic hydroxyl groups is 1. The fourth-order valence-corrected chi connectivity index (χ4v) is 2.58. The smallest absolute Gasteiger partial charge is 0.261 e. The average Bonchev–Trinajstić information content (AvgIpc) is 2.90. The minimum Gasteiger partial charge on any atom is -0.506 e. The number of phenolic OH excluding ortho intramolecular Hbond substituents is 1. The minimum absolute atomic E-state index is 0.00676. The van der Waals surface area contributed by atoms with Crippen molar-refractivity contribution < 1.29 is 14.6 Å². The van der Waals surface area contributed by atoms with Gasteiger partial charge in [-0.15, -0.1) is 0 Å². The third-order valence-electron chi connectivity index (χ3n) is 3.80. The highest BCUT2D eigenvalue weighted by molar-refractivity contribution is 6.31. The molecule has 0 bridgehead atoms. The lowest BCUT2D eigenvalue weighted by Gasteiger charge is -2.13. The lowest BCUT2D eigenvalue weighted by molar-refractivity contribution is -0.118. The second-order valence-corrected chi connectivity index (χ2v) is 5.91. The Morgan fingerprint density at radius 1 is 1.28 bits per heavy atom. The van der Waals surface area contributed by atoms with Crippen LogP contribution in [0.25, 0.3) is 0 Å². The normalized spacial score (nSPS) is 17.2. The summed E-state index contributed by atoms with van der Waals surface area (Å²) in [5.41, 5.74) is 1.56. The molecule has 0 aromatic heterocycles. The van der Waals surface area contributed by atoms with Crippen molar-refractivity contribution in [1.29, 1.82) is 0 Å². The van der Waals surface area contributed by atoms with E-state index in [-0.39, 0.29) is 11.7 Å². The molecule has 1 amide bonds. The predicted octanol–water partition coefficient (Wildman–Crippen LogP) is 3.80. The lowest BCUT2D eigenvalue weighted by Crippen LogP contribution is -2.27. The Labute approximate surface area is 150 Å². The number of hydrogen-bond donors (Lipinski definition) is 1. The summed E-state index contributed by atoms with van der Waals surface area (Å²) in [6, 6.07) is 11.6. The van der Waals surface area contributed by atoms with Crippen molar-refractivity contribution in [2.45, 2.75) is 6.92 Å². The number of phenols is 1. The lowest BCUT2D eigenvalue weighted by atomic mass is 10.1. The number of nitrogens with zero attached hydrogens (tertiary/aromatic N) is 3. The van der Waals surface area contributed by atoms with Gasteiger partial charge in [-0.3, -0.25) is 9.79 Å². The van der Waals surface area contributed by atoms with Crippen molar-refractivity contribution in [3.8, 4) is 11.5 Å². The van der Waals surface area contributed by atoms with E-state index in [4.69, 9.17) is 16.3 Å². The summed E-state index contributed by atoms with van der Waals surface area (Å²) in [5.74, 6) is -0.119. The minimum atomic E-state index is -0.597. The van der Waals surface area contributed by atoms with Crippen LogP contribution in [-0.4, -0.2) is 30.0 Å². The van der Waals surface area contributed by atoms with Gasteiger partial charge in [-0.2, -0.15) is 10.1 Å². The first-order valence-electron chi connectivity index (χ1n) is 7.55. The van der Waals surface area contributed by atoms with E-state index in [0.29, 0.717) is 27.9 Å². The topological polar surface area (TPSA) is 74.5 Å². The predicted molar refractivity (Wildman–Crippen MR) is 98.3 cm³/mol. The molecule has 1 heterocycles. The zero-order valence-corrected chi connectivity index (χ0v) is 14.4. The zero-order valence-electron chi connectivity index (χ0n) is 13.7. The van der Waals surface area contributed by atoms with Gasteiger partial charge >= 0.3 is 0 Å². The molecule has 0 spiro atoms. The first-order chi connectivity index (χ1) is 12.0. The zero-order chi connectivity index (χ0) is 18.0. The Bertz CT molecular complexity index is 862. The molecule has 2 aromatic carbocycles. The van der Waals surface area contributed by atoms with Crippen LogP contribution >= 0.6 is 11.6 Å². The van der Waals surface area contributed by atoms with Crippen molar-refractivity contribution >= 4 is 40.8 Å². The van der Waals surface area contributed by atoms with Crippen LogP contribution in [0.15, 0.2) is 52.6 Å². The van der Waals surface area contributed by atoms with E-state index in [9.17, 15) is 9.90 Å². The number of benzene rings is 2. The van der Waals surface area contributed by atoms with E-state index in [1.54, 1.807) is 44.4 Å². The largest absolute Gasteiger partial charge is 0.506 e. The number of rotatable bonds is 4. The fraction of sp³-hybridized carbons (Fsp3) is 0.167. The molecule has 0 radical (unpaired) electrons. The molecule has 3 rings (SSSR count). The molecule has 128 valence electrons. The summed E-state index contributed by atoms with van der Waals surface area (Å²) in [6.45, 7) is 1.76. The maximum atomic E-state index is 12.6. The maximum absolute atomic E-state index is 12.6. The van der Waals surface area contributed by atoms with Gasteiger partial charge in [0, 0.05) is 11.2 Å². The Morgan fingerprint density at radius 3 is 2.68 bits per heavy atom. The number of anilines is 1. The van der Waals surface area contributed by atoms with Crippen LogP contribution in [0.1, 0.15) is 6.92 Å². The first-order valence-corrected chi connectivity index (χ1v) is 7.93. The fourth-order valence-electron chi connectivity index (χ4n) is 2.41. The number of aliphatic imine (C=N–C) groups is 1. The number of methoxy groups -OCH3 is 1. The highest BCUT2D eigenvalue weighted by atomic mass is 35.5. The molecule has 25 heavy (non-hydrogen) atoms. The van der Waals surface area contributed by atoms with Gasteiger partial charge in [-0.25, -0.2) is 0 Å². The van der Waals surface area contributed by atoms with E-state index >= 15 is 0 Å². The van der Waals surface area contributed by atoms with Crippen LogP contribution in [0.5, 0.6) is 11.5 Å². The van der Waals surface area contributed by atoms with Gasteiger partial charge in [-0.1, -0.05) is 11.6 Å². The second kappa shape index (κ2) is 6.94. The summed E-state index contributed by atoms with van der Waals surface area (Å²) in [7, 11) is 1.58. The van der Waals surface area contributed by atoms with E-state index in [1.165, 1.54) is 23.4 Å². The number of amides is 1. The number of carbonyl (C=O) groups is 1. The summed E-state index contributed by atoms with van der Waals surface area (Å²) in [6.07, 6.45) is 1.47. The molecule has 0 saturated carbocycles. The van der Waals surface area contributed by atoms with Gasteiger partial charge in [-0.05, 0) is 49.4 Å². The average molecular weight is 358 g/mol. The van der Waals surface area contributed by atoms with Crippen LogP contribution in [0.3, 0.4) is 0 Å². The Balaban J connectivity index is 1.82. The molecule has 1 aliphatic heterocycles. The van der Waals surface area contributed by atoms with Gasteiger partial charge < -0.3 is 9.84 Å². The van der Waals surface area contributed by atoms with Crippen LogP contribution in [0.2, 0.25) is 5.02 Å². The Hall–Kier alpha value is -2.86. The molecule has 7 heteroatoms. The second-order valence-electron chi connectivity index (χ2n) is 5.48. The van der Waals surface area contributed by atoms with Crippen molar-refractivity contribution in [1.82, 2.24) is 0 Å². The highest BCUT2D eigenvalue weighted by Crippen LogP contribution is 2.30. The Morgan fingerprint density at radius 2 is 2.00 bits per heavy atom. The molecule has 6 nitrogen and oxygen atoms in total. The van der Waals surface area contributed by atoms with Crippen molar-refractivity contribution in [2.24, 2.45) is 16.0 Å². The van der Waals surface area contributed by atoms with E-state index < -0.39 is 5.92 Å². The quantitative estimate of drug-likeness (QED) is 0.846. The summed E-state index contributed by atoms with van der Waals surface area (Å²) in [4.78, 5) is 16.8. The number of ether oxygens (including phenoxy) is 1. The maximum Gasteiger partial charge on any atom is 0.261 e. The van der Waals surface area contributed by atoms with E-state index in [1.807, 2.05) is 0 Å². The van der Waals surface area contributed by atoms with Gasteiger partial charge in [0.2, 0.25) is 0 Å². The third kappa shape index (κ3) is 3.49.